The van der Waals surface area contributed by atoms with E-state index < -0.39 is 0 Å². The third-order valence-corrected chi connectivity index (χ3v) is 1.06. The molecule has 60 valence electrons. The lowest BCUT2D eigenvalue weighted by atomic mass is 10.2. The van der Waals surface area contributed by atoms with Gasteiger partial charge in [-0.15, -0.1) is 0 Å². The van der Waals surface area contributed by atoms with Crippen LogP contribution in [-0.4, -0.2) is 12.5 Å². The standard InChI is InChI=1S/C9H13NO/c1-4-6-7-8(3)9(11)10-5-2/h4,6-7H,1,3,5H2,2H3,(H,10,11)/b7-6-. The number of nitrogens with one attached hydrogen (secondary N) is 1. The zero-order valence-corrected chi connectivity index (χ0v) is 6.76. The van der Waals surface area contributed by atoms with Crippen molar-refractivity contribution in [2.45, 2.75) is 6.92 Å². The van der Waals surface area contributed by atoms with Gasteiger partial charge in [-0.3, -0.25) is 4.79 Å². The van der Waals surface area contributed by atoms with Gasteiger partial charge in [0.1, 0.15) is 0 Å². The second kappa shape index (κ2) is 5.47. The van der Waals surface area contributed by atoms with Gasteiger partial charge in [-0.2, -0.15) is 0 Å². The highest BCUT2D eigenvalue weighted by Crippen LogP contribution is 1.92. The van der Waals surface area contributed by atoms with E-state index in [2.05, 4.69) is 18.5 Å². The predicted octanol–water partition coefficient (Wildman–Crippen LogP) is 1.42. The normalized spacial score (nSPS) is 9.55. The van der Waals surface area contributed by atoms with Crippen molar-refractivity contribution in [1.82, 2.24) is 5.32 Å². The maximum absolute atomic E-state index is 11.0. The van der Waals surface area contributed by atoms with Crippen molar-refractivity contribution in [2.75, 3.05) is 6.54 Å². The lowest BCUT2D eigenvalue weighted by Gasteiger charge is -1.98. The summed E-state index contributed by atoms with van der Waals surface area (Å²) in [5.74, 6) is -0.134. The van der Waals surface area contributed by atoms with E-state index in [1.807, 2.05) is 6.92 Å². The second-order valence-corrected chi connectivity index (χ2v) is 1.98. The van der Waals surface area contributed by atoms with E-state index in [0.717, 1.165) is 0 Å². The number of hydrogen-bond donors (Lipinski definition) is 1. The van der Waals surface area contributed by atoms with Crippen molar-refractivity contribution in [3.63, 3.8) is 0 Å². The topological polar surface area (TPSA) is 29.1 Å². The molecule has 1 amide bonds. The molecule has 11 heavy (non-hydrogen) atoms. The van der Waals surface area contributed by atoms with E-state index >= 15 is 0 Å². The monoisotopic (exact) mass is 151 g/mol. The molecule has 0 radical (unpaired) electrons. The number of amides is 1. The Bertz CT molecular complexity index is 192. The number of hydrogen-bond acceptors (Lipinski definition) is 1. The van der Waals surface area contributed by atoms with Gasteiger partial charge in [-0.25, -0.2) is 0 Å². The second-order valence-electron chi connectivity index (χ2n) is 1.98. The molecule has 0 fully saturated rings. The van der Waals surface area contributed by atoms with Gasteiger partial charge in [0.15, 0.2) is 0 Å². The number of allylic oxidation sites excluding steroid dienone is 2. The van der Waals surface area contributed by atoms with Crippen LogP contribution in [0.15, 0.2) is 37.0 Å². The average Bonchev–Trinajstić information content (AvgIpc) is 2.00. The van der Waals surface area contributed by atoms with Crippen LogP contribution in [0.4, 0.5) is 0 Å². The number of carbonyl (C=O) groups is 1. The largest absolute Gasteiger partial charge is 0.352 e. The van der Waals surface area contributed by atoms with Crippen LogP contribution < -0.4 is 5.32 Å². The average molecular weight is 151 g/mol. The molecular weight excluding hydrogens is 138 g/mol. The Balaban J connectivity index is 3.92. The van der Waals surface area contributed by atoms with E-state index in [9.17, 15) is 4.79 Å². The van der Waals surface area contributed by atoms with E-state index in [4.69, 9.17) is 0 Å². The summed E-state index contributed by atoms with van der Waals surface area (Å²) in [7, 11) is 0. The molecule has 0 saturated carbocycles. The van der Waals surface area contributed by atoms with Gasteiger partial charge in [-0.05, 0) is 6.92 Å². The smallest absolute Gasteiger partial charge is 0.250 e. The van der Waals surface area contributed by atoms with Crippen molar-refractivity contribution in [1.29, 1.82) is 0 Å². The first-order chi connectivity index (χ1) is 5.22. The molecule has 0 aromatic carbocycles. The van der Waals surface area contributed by atoms with Gasteiger partial charge < -0.3 is 5.32 Å². The summed E-state index contributed by atoms with van der Waals surface area (Å²) >= 11 is 0. The molecule has 1 N–H and O–H groups in total. The molecule has 2 heteroatoms. The molecule has 0 atom stereocenters. The molecule has 0 aliphatic carbocycles. The first-order valence-electron chi connectivity index (χ1n) is 3.48. The predicted molar refractivity (Wildman–Crippen MR) is 47.2 cm³/mol. The van der Waals surface area contributed by atoms with Crippen LogP contribution in [0.2, 0.25) is 0 Å². The van der Waals surface area contributed by atoms with Crippen LogP contribution in [0, 0.1) is 0 Å². The Labute approximate surface area is 67.3 Å². The highest BCUT2D eigenvalue weighted by Gasteiger charge is 1.98. The first-order valence-corrected chi connectivity index (χ1v) is 3.48. The van der Waals surface area contributed by atoms with Gasteiger partial charge in [0.25, 0.3) is 5.91 Å². The molecule has 0 aromatic rings. The Morgan fingerprint density at radius 1 is 1.64 bits per heavy atom. The summed E-state index contributed by atoms with van der Waals surface area (Å²) in [5, 5.41) is 2.63. The van der Waals surface area contributed by atoms with E-state index in [0.29, 0.717) is 12.1 Å². The minimum Gasteiger partial charge on any atom is -0.352 e. The van der Waals surface area contributed by atoms with Gasteiger partial charge in [0.05, 0.1) is 0 Å². The Kier molecular flexibility index (Phi) is 4.82. The Morgan fingerprint density at radius 2 is 2.27 bits per heavy atom. The summed E-state index contributed by atoms with van der Waals surface area (Å²) in [5.41, 5.74) is 0.451. The third kappa shape index (κ3) is 4.14. The highest BCUT2D eigenvalue weighted by molar-refractivity contribution is 5.95. The molecular formula is C9H13NO. The zero-order valence-electron chi connectivity index (χ0n) is 6.76. The van der Waals surface area contributed by atoms with Crippen molar-refractivity contribution < 1.29 is 4.79 Å². The molecule has 0 unspecified atom stereocenters. The molecule has 0 aliphatic heterocycles. The van der Waals surface area contributed by atoms with Crippen LogP contribution in [0.1, 0.15) is 6.92 Å². The van der Waals surface area contributed by atoms with E-state index in [1.165, 1.54) is 0 Å². The van der Waals surface area contributed by atoms with E-state index in [-0.39, 0.29) is 5.91 Å². The van der Waals surface area contributed by atoms with Crippen LogP contribution >= 0.6 is 0 Å². The fourth-order valence-electron chi connectivity index (χ4n) is 0.534. The summed E-state index contributed by atoms with van der Waals surface area (Å²) in [6.07, 6.45) is 4.90. The van der Waals surface area contributed by atoms with Crippen LogP contribution in [0.5, 0.6) is 0 Å². The quantitative estimate of drug-likeness (QED) is 0.478. The van der Waals surface area contributed by atoms with Crippen molar-refractivity contribution in [3.05, 3.63) is 37.0 Å². The molecule has 0 heterocycles. The maximum atomic E-state index is 11.0. The van der Waals surface area contributed by atoms with Crippen LogP contribution in [0.3, 0.4) is 0 Å². The fraction of sp³-hybridized carbons (Fsp3) is 0.222. The van der Waals surface area contributed by atoms with Crippen molar-refractivity contribution in [2.24, 2.45) is 0 Å². The molecule has 0 aromatic heterocycles. The van der Waals surface area contributed by atoms with Gasteiger partial charge in [0.2, 0.25) is 0 Å². The lowest BCUT2D eigenvalue weighted by molar-refractivity contribution is -0.117. The molecule has 0 bridgehead atoms. The third-order valence-electron chi connectivity index (χ3n) is 1.06. The number of carbonyl (C=O) groups excluding carboxylic acids is 1. The van der Waals surface area contributed by atoms with E-state index in [1.54, 1.807) is 18.2 Å². The Hall–Kier alpha value is -1.31. The minimum absolute atomic E-state index is 0.134. The van der Waals surface area contributed by atoms with Crippen LogP contribution in [0.25, 0.3) is 0 Å². The van der Waals surface area contributed by atoms with Gasteiger partial charge in [0, 0.05) is 12.1 Å². The van der Waals surface area contributed by atoms with Crippen molar-refractivity contribution >= 4 is 5.91 Å². The van der Waals surface area contributed by atoms with Gasteiger partial charge >= 0.3 is 0 Å². The summed E-state index contributed by atoms with van der Waals surface area (Å²) in [6.45, 7) is 9.53. The summed E-state index contributed by atoms with van der Waals surface area (Å²) < 4.78 is 0. The first kappa shape index (κ1) is 9.69. The molecule has 0 saturated heterocycles. The molecule has 0 spiro atoms. The molecule has 0 aliphatic rings. The Morgan fingerprint density at radius 3 is 2.73 bits per heavy atom. The molecule has 0 rings (SSSR count). The number of rotatable bonds is 4. The number of likely N-dealkylation sites (N-methyl/N-ethyl adjacent to an activating group) is 1. The van der Waals surface area contributed by atoms with Gasteiger partial charge in [-0.1, -0.05) is 31.4 Å². The zero-order chi connectivity index (χ0) is 8.69. The minimum atomic E-state index is -0.134. The van der Waals surface area contributed by atoms with Crippen molar-refractivity contribution in [3.8, 4) is 0 Å². The molecule has 2 nitrogen and oxygen atoms in total. The maximum Gasteiger partial charge on any atom is 0.250 e. The van der Waals surface area contributed by atoms with Crippen LogP contribution in [-0.2, 0) is 4.79 Å². The summed E-state index contributed by atoms with van der Waals surface area (Å²) in [6, 6.07) is 0. The highest BCUT2D eigenvalue weighted by atomic mass is 16.1. The SMILES string of the molecule is C=C/C=C\C(=C)C(=O)NCC. The lowest BCUT2D eigenvalue weighted by Crippen LogP contribution is -2.23. The fourth-order valence-corrected chi connectivity index (χ4v) is 0.534. The summed E-state index contributed by atoms with van der Waals surface area (Å²) in [4.78, 5) is 11.0.